The van der Waals surface area contributed by atoms with Gasteiger partial charge < -0.3 is 5.11 Å². The molecule has 4 atom stereocenters. The fourth-order valence-corrected chi connectivity index (χ4v) is 2.95. The molecule has 3 aliphatic carbocycles. The summed E-state index contributed by atoms with van der Waals surface area (Å²) in [5, 5.41) is 9.50. The van der Waals surface area contributed by atoms with Gasteiger partial charge in [-0.3, -0.25) is 4.79 Å². The SMILES string of the molecule is O=C1C=C(O)[C@@H]2[C@H]1[C@H]1C=C[C@H]2C1. The molecule has 3 rings (SSSR count). The van der Waals surface area contributed by atoms with E-state index in [0.717, 1.165) is 6.42 Å². The molecular weight excluding hydrogens is 152 g/mol. The molecule has 12 heavy (non-hydrogen) atoms. The molecule has 0 saturated heterocycles. The zero-order chi connectivity index (χ0) is 8.29. The Morgan fingerprint density at radius 3 is 2.58 bits per heavy atom. The van der Waals surface area contributed by atoms with Crippen molar-refractivity contribution in [2.75, 3.05) is 0 Å². The van der Waals surface area contributed by atoms with Gasteiger partial charge in [0.05, 0.1) is 0 Å². The van der Waals surface area contributed by atoms with E-state index in [4.69, 9.17) is 0 Å². The summed E-state index contributed by atoms with van der Waals surface area (Å²) >= 11 is 0. The van der Waals surface area contributed by atoms with Crippen molar-refractivity contribution in [2.24, 2.45) is 23.7 Å². The van der Waals surface area contributed by atoms with Crippen molar-refractivity contribution in [2.45, 2.75) is 6.42 Å². The molecule has 0 aromatic rings. The van der Waals surface area contributed by atoms with Crippen LogP contribution in [0.5, 0.6) is 0 Å². The zero-order valence-electron chi connectivity index (χ0n) is 6.60. The highest BCUT2D eigenvalue weighted by Gasteiger charge is 2.52. The summed E-state index contributed by atoms with van der Waals surface area (Å²) in [6.07, 6.45) is 6.77. The Hall–Kier alpha value is -1.05. The molecule has 0 unspecified atom stereocenters. The quantitative estimate of drug-likeness (QED) is 0.547. The van der Waals surface area contributed by atoms with Crippen molar-refractivity contribution in [3.05, 3.63) is 24.0 Å². The number of fused-ring (bicyclic) bond motifs is 5. The van der Waals surface area contributed by atoms with E-state index >= 15 is 0 Å². The molecule has 1 N–H and O–H groups in total. The van der Waals surface area contributed by atoms with Crippen LogP contribution in [-0.4, -0.2) is 10.9 Å². The van der Waals surface area contributed by atoms with Gasteiger partial charge >= 0.3 is 0 Å². The minimum atomic E-state index is 0.0833. The largest absolute Gasteiger partial charge is 0.512 e. The molecule has 0 aliphatic heterocycles. The van der Waals surface area contributed by atoms with Crippen LogP contribution in [-0.2, 0) is 4.79 Å². The molecule has 0 heterocycles. The van der Waals surface area contributed by atoms with Crippen LogP contribution in [0.4, 0.5) is 0 Å². The number of hydrogen-bond acceptors (Lipinski definition) is 2. The number of rotatable bonds is 0. The predicted molar refractivity (Wildman–Crippen MR) is 43.4 cm³/mol. The second-order valence-electron chi connectivity index (χ2n) is 3.97. The molecule has 2 nitrogen and oxygen atoms in total. The van der Waals surface area contributed by atoms with E-state index < -0.39 is 0 Å². The van der Waals surface area contributed by atoms with Crippen molar-refractivity contribution < 1.29 is 9.90 Å². The minimum absolute atomic E-state index is 0.0833. The van der Waals surface area contributed by atoms with Crippen LogP contribution in [0.3, 0.4) is 0 Å². The van der Waals surface area contributed by atoms with Gasteiger partial charge in [-0.05, 0) is 18.3 Å². The molecule has 0 aromatic carbocycles. The molecule has 2 heteroatoms. The van der Waals surface area contributed by atoms with Gasteiger partial charge in [0.2, 0.25) is 0 Å². The Morgan fingerprint density at radius 1 is 1.25 bits per heavy atom. The number of hydrogen-bond donors (Lipinski definition) is 1. The first-order chi connectivity index (χ1) is 5.77. The molecule has 0 aromatic heterocycles. The lowest BCUT2D eigenvalue weighted by molar-refractivity contribution is -0.118. The van der Waals surface area contributed by atoms with Crippen LogP contribution < -0.4 is 0 Å². The van der Waals surface area contributed by atoms with Gasteiger partial charge in [-0.15, -0.1) is 0 Å². The van der Waals surface area contributed by atoms with Crippen molar-refractivity contribution in [1.82, 2.24) is 0 Å². The highest BCUT2D eigenvalue weighted by molar-refractivity contribution is 5.96. The maximum atomic E-state index is 11.4. The van der Waals surface area contributed by atoms with E-state index in [1.54, 1.807) is 0 Å². The van der Waals surface area contributed by atoms with Crippen molar-refractivity contribution in [3.63, 3.8) is 0 Å². The third-order valence-corrected chi connectivity index (χ3v) is 3.42. The molecule has 0 radical (unpaired) electrons. The van der Waals surface area contributed by atoms with Crippen LogP contribution >= 0.6 is 0 Å². The van der Waals surface area contributed by atoms with E-state index in [-0.39, 0.29) is 17.6 Å². The zero-order valence-corrected chi connectivity index (χ0v) is 6.60. The van der Waals surface area contributed by atoms with E-state index in [0.29, 0.717) is 17.6 Å². The summed E-state index contributed by atoms with van der Waals surface area (Å²) < 4.78 is 0. The van der Waals surface area contributed by atoms with Gasteiger partial charge in [0, 0.05) is 17.9 Å². The highest BCUT2D eigenvalue weighted by atomic mass is 16.3. The number of ketones is 1. The molecular formula is C10H10O2. The number of aliphatic hydroxyl groups excluding tert-OH is 1. The molecule has 2 bridgehead atoms. The van der Waals surface area contributed by atoms with Crippen molar-refractivity contribution in [1.29, 1.82) is 0 Å². The van der Waals surface area contributed by atoms with E-state index in [2.05, 4.69) is 12.2 Å². The summed E-state index contributed by atoms with van der Waals surface area (Å²) in [7, 11) is 0. The maximum absolute atomic E-state index is 11.4. The Labute approximate surface area is 70.6 Å². The topological polar surface area (TPSA) is 37.3 Å². The number of carbonyl (C=O) groups is 1. The molecule has 1 fully saturated rings. The Kier molecular flexibility index (Phi) is 0.978. The second kappa shape index (κ2) is 1.82. The lowest BCUT2D eigenvalue weighted by Crippen LogP contribution is -2.21. The van der Waals surface area contributed by atoms with Gasteiger partial charge in [0.1, 0.15) is 5.76 Å². The van der Waals surface area contributed by atoms with Gasteiger partial charge in [-0.25, -0.2) is 0 Å². The fraction of sp³-hybridized carbons (Fsp3) is 0.500. The Morgan fingerprint density at radius 2 is 1.92 bits per heavy atom. The summed E-state index contributed by atoms with van der Waals surface area (Å²) in [4.78, 5) is 11.4. The van der Waals surface area contributed by atoms with Gasteiger partial charge in [-0.2, -0.15) is 0 Å². The lowest BCUT2D eigenvalue weighted by Gasteiger charge is -2.19. The van der Waals surface area contributed by atoms with Gasteiger partial charge in [-0.1, -0.05) is 12.2 Å². The Balaban J connectivity index is 2.09. The average molecular weight is 162 g/mol. The first-order valence-electron chi connectivity index (χ1n) is 4.40. The van der Waals surface area contributed by atoms with Crippen LogP contribution in [0.25, 0.3) is 0 Å². The smallest absolute Gasteiger partial charge is 0.163 e. The summed E-state index contributed by atoms with van der Waals surface area (Å²) in [5.74, 6) is 1.51. The maximum Gasteiger partial charge on any atom is 0.163 e. The molecule has 0 amide bonds. The number of carbonyl (C=O) groups excluding carboxylic acids is 1. The van der Waals surface area contributed by atoms with Crippen LogP contribution in [0.2, 0.25) is 0 Å². The van der Waals surface area contributed by atoms with Crippen LogP contribution in [0.15, 0.2) is 24.0 Å². The fourth-order valence-electron chi connectivity index (χ4n) is 2.95. The number of allylic oxidation sites excluding steroid dienone is 4. The Bertz CT molecular complexity index is 314. The molecule has 62 valence electrons. The second-order valence-corrected chi connectivity index (χ2v) is 3.97. The van der Waals surface area contributed by atoms with Gasteiger partial charge in [0.15, 0.2) is 5.78 Å². The average Bonchev–Trinajstić information content (AvgIpc) is 2.64. The normalized spacial score (nSPS) is 48.3. The monoisotopic (exact) mass is 162 g/mol. The molecule has 1 saturated carbocycles. The molecule has 0 spiro atoms. The van der Waals surface area contributed by atoms with Crippen molar-refractivity contribution >= 4 is 5.78 Å². The van der Waals surface area contributed by atoms with Gasteiger partial charge in [0.25, 0.3) is 0 Å². The van der Waals surface area contributed by atoms with Crippen molar-refractivity contribution in [3.8, 4) is 0 Å². The van der Waals surface area contributed by atoms with E-state index in [1.807, 2.05) is 0 Å². The number of aliphatic hydroxyl groups is 1. The molecule has 3 aliphatic rings. The summed E-state index contributed by atoms with van der Waals surface area (Å²) in [6, 6.07) is 0. The third kappa shape index (κ3) is 0.554. The third-order valence-electron chi connectivity index (χ3n) is 3.42. The van der Waals surface area contributed by atoms with Crippen LogP contribution in [0.1, 0.15) is 6.42 Å². The van der Waals surface area contributed by atoms with E-state index in [9.17, 15) is 9.90 Å². The standard InChI is InChI=1S/C10H10O2/c11-7-4-8(12)10-6-2-1-5(3-6)9(7)10/h1-2,4-6,9-11H,3H2/t5-,6-,9+,10-/m0/s1. The van der Waals surface area contributed by atoms with Crippen LogP contribution in [0, 0.1) is 23.7 Å². The predicted octanol–water partition coefficient (Wildman–Crippen LogP) is 1.45. The first-order valence-corrected chi connectivity index (χ1v) is 4.40. The lowest BCUT2D eigenvalue weighted by atomic mass is 9.84. The summed E-state index contributed by atoms with van der Waals surface area (Å²) in [6.45, 7) is 0. The highest BCUT2D eigenvalue weighted by Crippen LogP contribution is 2.53. The summed E-state index contributed by atoms with van der Waals surface area (Å²) in [5.41, 5.74) is 0. The first kappa shape index (κ1) is 6.46. The van der Waals surface area contributed by atoms with E-state index in [1.165, 1.54) is 6.08 Å². The minimum Gasteiger partial charge on any atom is -0.512 e.